The molecular weight excluding hydrogens is 404 g/mol. The number of rotatable bonds is 9. The lowest BCUT2D eigenvalue weighted by Crippen LogP contribution is -2.46. The monoisotopic (exact) mass is 446 g/mol. The lowest BCUT2D eigenvalue weighted by molar-refractivity contribution is -0.236. The summed E-state index contributed by atoms with van der Waals surface area (Å²) in [6.45, 7) is 18.2. The molecule has 1 aliphatic heterocycles. The molecule has 0 spiro atoms. The van der Waals surface area contributed by atoms with E-state index in [1.807, 2.05) is 30.3 Å². The SMILES string of the molecule is CC(C)[C@H](O[Si](C)(C)C(C)(C)C)[C@@H](C)/C=C/[C@H]1C[C@@H](CC=O)O[C@@H](c2ccccc2)O1. The van der Waals surface area contributed by atoms with Gasteiger partial charge < -0.3 is 18.7 Å². The largest absolute Gasteiger partial charge is 0.413 e. The van der Waals surface area contributed by atoms with Crippen LogP contribution in [0, 0.1) is 11.8 Å². The van der Waals surface area contributed by atoms with Gasteiger partial charge in [-0.1, -0.05) is 84.0 Å². The Morgan fingerprint density at radius 1 is 1.13 bits per heavy atom. The number of ether oxygens (including phenoxy) is 2. The average molecular weight is 447 g/mol. The van der Waals surface area contributed by atoms with Crippen LogP contribution in [0.15, 0.2) is 42.5 Å². The quantitative estimate of drug-likeness (QED) is 0.241. The van der Waals surface area contributed by atoms with Gasteiger partial charge in [-0.05, 0) is 30.0 Å². The molecule has 1 aromatic rings. The van der Waals surface area contributed by atoms with Crippen LogP contribution >= 0.6 is 0 Å². The van der Waals surface area contributed by atoms with Crippen molar-refractivity contribution in [3.05, 3.63) is 48.0 Å². The fourth-order valence-electron chi connectivity index (χ4n) is 3.66. The van der Waals surface area contributed by atoms with Crippen LogP contribution in [0.3, 0.4) is 0 Å². The Balaban J connectivity index is 2.13. The standard InChI is InChI=1S/C26H42O4Si/c1-19(2)24(30-31(7,8)26(4,5)6)20(3)14-15-22-18-23(16-17-27)29-25(28-22)21-12-10-9-11-13-21/h9-15,17,19-20,22-25H,16,18H2,1-8H3/b15-14+/t20-,22-,23+,24-,25-/m0/s1. The highest BCUT2D eigenvalue weighted by atomic mass is 28.4. The Morgan fingerprint density at radius 2 is 1.77 bits per heavy atom. The van der Waals surface area contributed by atoms with E-state index in [1.165, 1.54) is 0 Å². The van der Waals surface area contributed by atoms with Gasteiger partial charge in [-0.15, -0.1) is 0 Å². The van der Waals surface area contributed by atoms with Crippen LogP contribution in [-0.2, 0) is 18.7 Å². The van der Waals surface area contributed by atoms with Crippen molar-refractivity contribution in [2.75, 3.05) is 0 Å². The second kappa shape index (κ2) is 11.0. The summed E-state index contributed by atoms with van der Waals surface area (Å²) in [6, 6.07) is 9.93. The summed E-state index contributed by atoms with van der Waals surface area (Å²) in [4.78, 5) is 11.1. The highest BCUT2D eigenvalue weighted by Crippen LogP contribution is 2.39. The van der Waals surface area contributed by atoms with Gasteiger partial charge >= 0.3 is 0 Å². The number of benzene rings is 1. The molecule has 0 amide bonds. The summed E-state index contributed by atoms with van der Waals surface area (Å²) in [6.07, 6.45) is 5.86. The molecule has 1 fully saturated rings. The molecule has 0 aliphatic carbocycles. The van der Waals surface area contributed by atoms with Crippen LogP contribution in [0.5, 0.6) is 0 Å². The molecule has 2 rings (SSSR count). The second-order valence-corrected chi connectivity index (χ2v) is 15.4. The van der Waals surface area contributed by atoms with E-state index < -0.39 is 14.6 Å². The third kappa shape index (κ3) is 7.38. The van der Waals surface area contributed by atoms with Gasteiger partial charge in [0.2, 0.25) is 0 Å². The van der Waals surface area contributed by atoms with Crippen LogP contribution in [0.1, 0.15) is 66.2 Å². The molecule has 4 nitrogen and oxygen atoms in total. The maximum Gasteiger partial charge on any atom is 0.192 e. The van der Waals surface area contributed by atoms with Crippen LogP contribution in [-0.4, -0.2) is 32.9 Å². The second-order valence-electron chi connectivity index (χ2n) is 10.6. The summed E-state index contributed by atoms with van der Waals surface area (Å²) in [7, 11) is -1.86. The summed E-state index contributed by atoms with van der Waals surface area (Å²) < 4.78 is 19.1. The highest BCUT2D eigenvalue weighted by Gasteiger charge is 2.40. The molecule has 31 heavy (non-hydrogen) atoms. The molecule has 1 aromatic carbocycles. The smallest absolute Gasteiger partial charge is 0.192 e. The fourth-order valence-corrected chi connectivity index (χ4v) is 5.18. The van der Waals surface area contributed by atoms with Crippen molar-refractivity contribution in [2.45, 2.75) is 97.1 Å². The van der Waals surface area contributed by atoms with Crippen molar-refractivity contribution >= 4 is 14.6 Å². The van der Waals surface area contributed by atoms with Crippen LogP contribution in [0.4, 0.5) is 0 Å². The van der Waals surface area contributed by atoms with E-state index >= 15 is 0 Å². The number of carbonyl (C=O) groups is 1. The Bertz CT molecular complexity index is 708. The molecule has 5 atom stereocenters. The Labute approximate surface area is 190 Å². The van der Waals surface area contributed by atoms with E-state index in [4.69, 9.17) is 13.9 Å². The van der Waals surface area contributed by atoms with Crippen molar-refractivity contribution in [3.63, 3.8) is 0 Å². The predicted octanol–water partition coefficient (Wildman–Crippen LogP) is 6.69. The highest BCUT2D eigenvalue weighted by molar-refractivity contribution is 6.74. The van der Waals surface area contributed by atoms with Crippen LogP contribution in [0.2, 0.25) is 18.1 Å². The lowest BCUT2D eigenvalue weighted by Gasteiger charge is -2.42. The zero-order chi connectivity index (χ0) is 23.2. The topological polar surface area (TPSA) is 44.8 Å². The molecule has 1 aliphatic rings. The average Bonchev–Trinajstić information content (AvgIpc) is 2.70. The van der Waals surface area contributed by atoms with E-state index in [0.717, 1.165) is 11.8 Å². The Hall–Kier alpha value is -1.27. The summed E-state index contributed by atoms with van der Waals surface area (Å²) >= 11 is 0. The first-order valence-electron chi connectivity index (χ1n) is 11.6. The van der Waals surface area contributed by atoms with Gasteiger partial charge in [0.15, 0.2) is 14.6 Å². The molecule has 5 heteroatoms. The number of carbonyl (C=O) groups excluding carboxylic acids is 1. The van der Waals surface area contributed by atoms with E-state index in [1.54, 1.807) is 0 Å². The summed E-state index contributed by atoms with van der Waals surface area (Å²) in [5.41, 5.74) is 0.978. The Kier molecular flexibility index (Phi) is 9.25. The number of hydrogen-bond acceptors (Lipinski definition) is 4. The minimum atomic E-state index is -1.86. The summed E-state index contributed by atoms with van der Waals surface area (Å²) in [5.74, 6) is 0.685. The van der Waals surface area contributed by atoms with E-state index in [2.05, 4.69) is 66.8 Å². The van der Waals surface area contributed by atoms with Gasteiger partial charge in [-0.2, -0.15) is 0 Å². The zero-order valence-electron chi connectivity index (χ0n) is 20.6. The van der Waals surface area contributed by atoms with Crippen molar-refractivity contribution < 1.29 is 18.7 Å². The van der Waals surface area contributed by atoms with E-state index in [0.29, 0.717) is 18.8 Å². The molecule has 0 radical (unpaired) electrons. The maximum absolute atomic E-state index is 11.1. The van der Waals surface area contributed by atoms with Gasteiger partial charge in [0.05, 0.1) is 18.3 Å². The number of aldehydes is 1. The molecule has 0 aromatic heterocycles. The number of hydrogen-bond donors (Lipinski definition) is 0. The molecule has 1 heterocycles. The van der Waals surface area contributed by atoms with Crippen molar-refractivity contribution in [1.29, 1.82) is 0 Å². The predicted molar refractivity (Wildman–Crippen MR) is 129 cm³/mol. The van der Waals surface area contributed by atoms with Crippen LogP contribution < -0.4 is 0 Å². The summed E-state index contributed by atoms with van der Waals surface area (Å²) in [5, 5.41) is 0.179. The zero-order valence-corrected chi connectivity index (χ0v) is 21.6. The fraction of sp³-hybridized carbons (Fsp3) is 0.654. The first kappa shape index (κ1) is 26.0. The van der Waals surface area contributed by atoms with E-state index in [9.17, 15) is 4.79 Å². The lowest BCUT2D eigenvalue weighted by atomic mass is 9.93. The molecule has 0 N–H and O–H groups in total. The van der Waals surface area contributed by atoms with Crippen LogP contribution in [0.25, 0.3) is 0 Å². The van der Waals surface area contributed by atoms with Gasteiger partial charge in [0, 0.05) is 18.4 Å². The Morgan fingerprint density at radius 3 is 2.32 bits per heavy atom. The van der Waals surface area contributed by atoms with Gasteiger partial charge in [-0.25, -0.2) is 0 Å². The van der Waals surface area contributed by atoms with Crippen molar-refractivity contribution in [3.8, 4) is 0 Å². The maximum atomic E-state index is 11.1. The molecule has 0 saturated carbocycles. The molecule has 1 saturated heterocycles. The van der Waals surface area contributed by atoms with E-state index in [-0.39, 0.29) is 29.3 Å². The van der Waals surface area contributed by atoms with Gasteiger partial charge in [-0.3, -0.25) is 0 Å². The molecule has 0 unspecified atom stereocenters. The minimum absolute atomic E-state index is 0.0907. The minimum Gasteiger partial charge on any atom is -0.413 e. The van der Waals surface area contributed by atoms with Gasteiger partial charge in [0.1, 0.15) is 6.29 Å². The molecular formula is C26H42O4Si. The third-order valence-electron chi connectivity index (χ3n) is 6.58. The van der Waals surface area contributed by atoms with Crippen molar-refractivity contribution in [1.82, 2.24) is 0 Å². The normalized spacial score (nSPS) is 25.0. The van der Waals surface area contributed by atoms with Crippen molar-refractivity contribution in [2.24, 2.45) is 11.8 Å². The van der Waals surface area contributed by atoms with Gasteiger partial charge in [0.25, 0.3) is 0 Å². The molecule has 174 valence electrons. The first-order valence-corrected chi connectivity index (χ1v) is 14.5. The first-order chi connectivity index (χ1) is 14.4. The molecule has 0 bridgehead atoms. The third-order valence-corrected chi connectivity index (χ3v) is 11.1.